The van der Waals surface area contributed by atoms with Crippen LogP contribution in [0.1, 0.15) is 23.2 Å². The number of allylic oxidation sites excluding steroid dienone is 2. The quantitative estimate of drug-likeness (QED) is 0.595. The van der Waals surface area contributed by atoms with E-state index in [-0.39, 0.29) is 34.9 Å². The molecule has 2 amide bonds. The fraction of sp³-hybridized carbons (Fsp3) is 0.267. The smallest absolute Gasteiger partial charge is 0.238 e. The predicted molar refractivity (Wildman–Crippen MR) is 76.3 cm³/mol. The SMILES string of the molecule is O=C([O-])c1ccc(Br)c(N2C(=O)[C@H]3CC=CC[C@H]3C2=O)c1. The van der Waals surface area contributed by atoms with Gasteiger partial charge in [-0.2, -0.15) is 0 Å². The van der Waals surface area contributed by atoms with Crippen molar-refractivity contribution in [1.82, 2.24) is 0 Å². The molecule has 1 aliphatic carbocycles. The third kappa shape index (κ3) is 2.19. The number of imide groups is 1. The molecule has 0 radical (unpaired) electrons. The van der Waals surface area contributed by atoms with Gasteiger partial charge in [-0.15, -0.1) is 0 Å². The number of aromatic carboxylic acids is 1. The molecule has 2 atom stereocenters. The van der Waals surface area contributed by atoms with Gasteiger partial charge in [0.1, 0.15) is 0 Å². The van der Waals surface area contributed by atoms with E-state index in [1.165, 1.54) is 18.2 Å². The molecule has 1 fully saturated rings. The number of fused-ring (bicyclic) bond motifs is 1. The molecule has 1 saturated heterocycles. The van der Waals surface area contributed by atoms with Crippen LogP contribution >= 0.6 is 15.9 Å². The van der Waals surface area contributed by atoms with Crippen molar-refractivity contribution in [2.75, 3.05) is 4.90 Å². The minimum atomic E-state index is -1.35. The van der Waals surface area contributed by atoms with E-state index < -0.39 is 5.97 Å². The number of hydrogen-bond acceptors (Lipinski definition) is 4. The molecular weight excluding hydrogens is 338 g/mol. The first-order chi connectivity index (χ1) is 10.0. The fourth-order valence-electron chi connectivity index (χ4n) is 2.85. The monoisotopic (exact) mass is 348 g/mol. The first-order valence-electron chi connectivity index (χ1n) is 6.54. The molecule has 108 valence electrons. The minimum absolute atomic E-state index is 0.0678. The summed E-state index contributed by atoms with van der Waals surface area (Å²) in [6.07, 6.45) is 4.90. The highest BCUT2D eigenvalue weighted by molar-refractivity contribution is 9.10. The Morgan fingerprint density at radius 3 is 2.24 bits per heavy atom. The van der Waals surface area contributed by atoms with Crippen LogP contribution in [0.4, 0.5) is 5.69 Å². The van der Waals surface area contributed by atoms with Gasteiger partial charge in [0.25, 0.3) is 0 Å². The minimum Gasteiger partial charge on any atom is -0.545 e. The molecule has 0 saturated carbocycles. The second kappa shape index (κ2) is 5.11. The van der Waals surface area contributed by atoms with E-state index in [1.54, 1.807) is 0 Å². The van der Waals surface area contributed by atoms with Crippen LogP contribution in [0.5, 0.6) is 0 Å². The van der Waals surface area contributed by atoms with Gasteiger partial charge in [0, 0.05) is 4.47 Å². The van der Waals surface area contributed by atoms with Crippen LogP contribution < -0.4 is 10.0 Å². The van der Waals surface area contributed by atoms with E-state index >= 15 is 0 Å². The van der Waals surface area contributed by atoms with E-state index in [2.05, 4.69) is 15.9 Å². The number of halogens is 1. The van der Waals surface area contributed by atoms with Gasteiger partial charge in [-0.1, -0.05) is 18.2 Å². The summed E-state index contributed by atoms with van der Waals surface area (Å²) in [4.78, 5) is 37.0. The summed E-state index contributed by atoms with van der Waals surface area (Å²) in [7, 11) is 0. The van der Waals surface area contributed by atoms with Gasteiger partial charge in [-0.25, -0.2) is 4.90 Å². The molecule has 6 heteroatoms. The molecular formula is C15H11BrNO4-. The van der Waals surface area contributed by atoms with Crippen molar-refractivity contribution < 1.29 is 19.5 Å². The Morgan fingerprint density at radius 2 is 1.71 bits per heavy atom. The number of anilines is 1. The molecule has 1 aromatic carbocycles. The summed E-state index contributed by atoms with van der Waals surface area (Å²) in [5.41, 5.74) is 0.197. The standard InChI is InChI=1S/C15H12BrNO4/c16-11-6-5-8(15(20)21)7-12(11)17-13(18)9-3-1-2-4-10(9)14(17)19/h1-2,5-7,9-10H,3-4H2,(H,20,21)/p-1/t9-,10+. The van der Waals surface area contributed by atoms with E-state index in [0.29, 0.717) is 17.3 Å². The summed E-state index contributed by atoms with van der Waals surface area (Å²) in [5.74, 6) is -2.58. The number of nitrogens with zero attached hydrogens (tertiary/aromatic N) is 1. The molecule has 0 spiro atoms. The Morgan fingerprint density at radius 1 is 1.14 bits per heavy atom. The maximum absolute atomic E-state index is 12.5. The lowest BCUT2D eigenvalue weighted by Crippen LogP contribution is -2.32. The van der Waals surface area contributed by atoms with Crippen LogP contribution in [0.3, 0.4) is 0 Å². The summed E-state index contributed by atoms with van der Waals surface area (Å²) >= 11 is 3.27. The van der Waals surface area contributed by atoms with Crippen molar-refractivity contribution in [3.8, 4) is 0 Å². The molecule has 0 unspecified atom stereocenters. The lowest BCUT2D eigenvalue weighted by atomic mass is 9.85. The van der Waals surface area contributed by atoms with Gasteiger partial charge < -0.3 is 9.90 Å². The number of rotatable bonds is 2. The first kappa shape index (κ1) is 14.0. The van der Waals surface area contributed by atoms with Gasteiger partial charge >= 0.3 is 0 Å². The van der Waals surface area contributed by atoms with Gasteiger partial charge in [-0.05, 0) is 46.5 Å². The van der Waals surface area contributed by atoms with E-state index in [4.69, 9.17) is 0 Å². The van der Waals surface area contributed by atoms with Gasteiger partial charge in [0.15, 0.2) is 0 Å². The Bertz CT molecular complexity index is 656. The molecule has 0 aromatic heterocycles. The predicted octanol–water partition coefficient (Wildman–Crippen LogP) is 1.27. The van der Waals surface area contributed by atoms with Gasteiger partial charge in [0.2, 0.25) is 11.8 Å². The largest absolute Gasteiger partial charge is 0.545 e. The van der Waals surface area contributed by atoms with Crippen molar-refractivity contribution in [3.63, 3.8) is 0 Å². The third-order valence-corrected chi connectivity index (χ3v) is 4.60. The summed E-state index contributed by atoms with van der Waals surface area (Å²) in [5, 5.41) is 11.0. The molecule has 21 heavy (non-hydrogen) atoms. The zero-order valence-corrected chi connectivity index (χ0v) is 12.5. The van der Waals surface area contributed by atoms with Crippen molar-refractivity contribution in [1.29, 1.82) is 0 Å². The normalized spacial score (nSPS) is 24.3. The van der Waals surface area contributed by atoms with Crippen molar-refractivity contribution >= 4 is 39.4 Å². The maximum Gasteiger partial charge on any atom is 0.238 e. The molecule has 1 aromatic rings. The van der Waals surface area contributed by atoms with Crippen molar-refractivity contribution in [3.05, 3.63) is 40.4 Å². The highest BCUT2D eigenvalue weighted by atomic mass is 79.9. The Balaban J connectivity index is 2.05. The van der Waals surface area contributed by atoms with E-state index in [9.17, 15) is 19.5 Å². The molecule has 1 aliphatic heterocycles. The number of amides is 2. The summed E-state index contributed by atoms with van der Waals surface area (Å²) in [6, 6.07) is 4.16. The molecule has 0 N–H and O–H groups in total. The highest BCUT2D eigenvalue weighted by Gasteiger charge is 2.48. The average Bonchev–Trinajstić information content (AvgIpc) is 2.72. The topological polar surface area (TPSA) is 77.5 Å². The molecule has 0 bridgehead atoms. The molecule has 2 aliphatic rings. The third-order valence-electron chi connectivity index (χ3n) is 3.93. The second-order valence-electron chi connectivity index (χ2n) is 5.12. The zero-order chi connectivity index (χ0) is 15.1. The lowest BCUT2D eigenvalue weighted by Gasteiger charge is -2.18. The first-order valence-corrected chi connectivity index (χ1v) is 7.33. The number of hydrogen-bond donors (Lipinski definition) is 0. The van der Waals surface area contributed by atoms with Crippen LogP contribution in [0.2, 0.25) is 0 Å². The van der Waals surface area contributed by atoms with Crippen LogP contribution in [0, 0.1) is 11.8 Å². The highest BCUT2D eigenvalue weighted by Crippen LogP contribution is 2.40. The van der Waals surface area contributed by atoms with Crippen molar-refractivity contribution in [2.45, 2.75) is 12.8 Å². The van der Waals surface area contributed by atoms with E-state index in [0.717, 1.165) is 4.90 Å². The lowest BCUT2D eigenvalue weighted by molar-refractivity contribution is -0.255. The molecule has 1 heterocycles. The number of carbonyl (C=O) groups excluding carboxylic acids is 3. The number of carboxylic acid groups (broad SMARTS) is 1. The maximum atomic E-state index is 12.5. The van der Waals surface area contributed by atoms with Crippen LogP contribution in [0.15, 0.2) is 34.8 Å². The van der Waals surface area contributed by atoms with Crippen LogP contribution in [-0.2, 0) is 9.59 Å². The van der Waals surface area contributed by atoms with Crippen LogP contribution in [0.25, 0.3) is 0 Å². The number of carbonyl (C=O) groups is 3. The fourth-order valence-corrected chi connectivity index (χ4v) is 3.27. The molecule has 3 rings (SSSR count). The Labute approximate surface area is 129 Å². The van der Waals surface area contributed by atoms with Crippen LogP contribution in [-0.4, -0.2) is 17.8 Å². The van der Waals surface area contributed by atoms with Gasteiger partial charge in [-0.3, -0.25) is 9.59 Å². The number of benzene rings is 1. The number of carboxylic acids is 1. The van der Waals surface area contributed by atoms with Crippen molar-refractivity contribution in [2.24, 2.45) is 11.8 Å². The average molecular weight is 349 g/mol. The van der Waals surface area contributed by atoms with E-state index in [1.807, 2.05) is 12.2 Å². The molecule has 5 nitrogen and oxygen atoms in total. The summed E-state index contributed by atoms with van der Waals surface area (Å²) < 4.78 is 0.501. The Hall–Kier alpha value is -1.95. The Kier molecular flexibility index (Phi) is 3.41. The second-order valence-corrected chi connectivity index (χ2v) is 5.98. The summed E-state index contributed by atoms with van der Waals surface area (Å²) in [6.45, 7) is 0. The van der Waals surface area contributed by atoms with Gasteiger partial charge in [0.05, 0.1) is 23.5 Å². The zero-order valence-electron chi connectivity index (χ0n) is 10.9.